The Bertz CT molecular complexity index is 982. The van der Waals surface area contributed by atoms with Crippen LogP contribution in [0.2, 0.25) is 0 Å². The third-order valence-corrected chi connectivity index (χ3v) is 6.91. The lowest BCUT2D eigenvalue weighted by molar-refractivity contribution is -0.116. The van der Waals surface area contributed by atoms with Crippen molar-refractivity contribution in [2.75, 3.05) is 50.0 Å². The number of carbonyl (C=O) groups excluding carboxylic acids is 1. The highest BCUT2D eigenvalue weighted by molar-refractivity contribution is 7.89. The number of hydrogen-bond acceptors (Lipinski definition) is 5. The van der Waals surface area contributed by atoms with Gasteiger partial charge in [0.1, 0.15) is 0 Å². The molecule has 7 nitrogen and oxygen atoms in total. The summed E-state index contributed by atoms with van der Waals surface area (Å²) in [5.41, 5.74) is 3.79. The zero-order chi connectivity index (χ0) is 21.7. The Balaban J connectivity index is 1.48. The van der Waals surface area contributed by atoms with E-state index in [1.807, 2.05) is 38.1 Å². The predicted octanol–water partition coefficient (Wildman–Crippen LogP) is 2.36. The zero-order valence-corrected chi connectivity index (χ0v) is 18.6. The van der Waals surface area contributed by atoms with Gasteiger partial charge < -0.3 is 15.1 Å². The number of hydrogen-bond donors (Lipinski definition) is 2. The summed E-state index contributed by atoms with van der Waals surface area (Å²) in [4.78, 5) is 17.0. The van der Waals surface area contributed by atoms with Gasteiger partial charge in [0.15, 0.2) is 0 Å². The van der Waals surface area contributed by atoms with Crippen molar-refractivity contribution in [3.63, 3.8) is 0 Å². The van der Waals surface area contributed by atoms with Gasteiger partial charge >= 0.3 is 0 Å². The van der Waals surface area contributed by atoms with E-state index >= 15 is 0 Å². The average Bonchev–Trinajstić information content (AvgIpc) is 2.71. The number of benzene rings is 2. The molecule has 3 rings (SSSR count). The van der Waals surface area contributed by atoms with E-state index in [1.54, 1.807) is 18.2 Å². The second kappa shape index (κ2) is 9.59. The molecule has 0 aromatic heterocycles. The van der Waals surface area contributed by atoms with Crippen LogP contribution < -0.4 is 14.9 Å². The van der Waals surface area contributed by atoms with E-state index in [9.17, 15) is 13.2 Å². The highest BCUT2D eigenvalue weighted by Gasteiger charge is 2.16. The highest BCUT2D eigenvalue weighted by atomic mass is 32.2. The smallest absolute Gasteiger partial charge is 0.240 e. The molecule has 2 aromatic rings. The fourth-order valence-electron chi connectivity index (χ4n) is 3.31. The van der Waals surface area contributed by atoms with Gasteiger partial charge in [0, 0.05) is 50.5 Å². The van der Waals surface area contributed by atoms with Gasteiger partial charge in [-0.1, -0.05) is 6.07 Å². The van der Waals surface area contributed by atoms with Crippen LogP contribution in [0, 0.1) is 13.8 Å². The predicted molar refractivity (Wildman–Crippen MR) is 121 cm³/mol. The molecule has 30 heavy (non-hydrogen) atoms. The standard InChI is InChI=1S/C22H30N4O3S/c1-17-4-9-21(16-18(17)2)30(28,29)23-11-10-22(27)24-19-5-7-20(8-6-19)26-14-12-25(3)13-15-26/h4-9,16,23H,10-15H2,1-3H3,(H,24,27). The van der Waals surface area contributed by atoms with Gasteiger partial charge in [-0.25, -0.2) is 13.1 Å². The molecule has 1 amide bonds. The number of carbonyl (C=O) groups is 1. The van der Waals surface area contributed by atoms with E-state index in [2.05, 4.69) is 26.9 Å². The third kappa shape index (κ3) is 5.81. The molecular weight excluding hydrogens is 400 g/mol. The Morgan fingerprint density at radius 3 is 2.27 bits per heavy atom. The molecule has 2 aromatic carbocycles. The van der Waals surface area contributed by atoms with Crippen LogP contribution in [0.1, 0.15) is 17.5 Å². The first-order valence-electron chi connectivity index (χ1n) is 10.1. The van der Waals surface area contributed by atoms with E-state index in [1.165, 1.54) is 0 Å². The first kappa shape index (κ1) is 22.3. The molecule has 1 heterocycles. The lowest BCUT2D eigenvalue weighted by Gasteiger charge is -2.34. The van der Waals surface area contributed by atoms with Crippen LogP contribution in [0.3, 0.4) is 0 Å². The molecule has 1 fully saturated rings. The summed E-state index contributed by atoms with van der Waals surface area (Å²) < 4.78 is 27.3. The van der Waals surface area contributed by atoms with E-state index in [0.29, 0.717) is 5.69 Å². The molecule has 0 unspecified atom stereocenters. The van der Waals surface area contributed by atoms with Crippen LogP contribution in [0.25, 0.3) is 0 Å². The van der Waals surface area contributed by atoms with Crippen molar-refractivity contribution >= 4 is 27.3 Å². The van der Waals surface area contributed by atoms with Crippen molar-refractivity contribution < 1.29 is 13.2 Å². The first-order chi connectivity index (χ1) is 14.2. The van der Waals surface area contributed by atoms with E-state index in [4.69, 9.17) is 0 Å². The average molecular weight is 431 g/mol. The molecule has 0 bridgehead atoms. The van der Waals surface area contributed by atoms with E-state index in [-0.39, 0.29) is 23.8 Å². The van der Waals surface area contributed by atoms with Gasteiger partial charge in [-0.3, -0.25) is 4.79 Å². The molecule has 8 heteroatoms. The number of sulfonamides is 1. The number of anilines is 2. The lowest BCUT2D eigenvalue weighted by Crippen LogP contribution is -2.44. The van der Waals surface area contributed by atoms with Crippen molar-refractivity contribution in [3.8, 4) is 0 Å². The number of piperazine rings is 1. The summed E-state index contributed by atoms with van der Waals surface area (Å²) >= 11 is 0. The van der Waals surface area contributed by atoms with E-state index < -0.39 is 10.0 Å². The van der Waals surface area contributed by atoms with Crippen molar-refractivity contribution in [1.29, 1.82) is 0 Å². The highest BCUT2D eigenvalue weighted by Crippen LogP contribution is 2.19. The SMILES string of the molecule is Cc1ccc(S(=O)(=O)NCCC(=O)Nc2ccc(N3CCN(C)CC3)cc2)cc1C. The van der Waals surface area contributed by atoms with Crippen LogP contribution >= 0.6 is 0 Å². The summed E-state index contributed by atoms with van der Waals surface area (Å²) in [6.45, 7) is 7.90. The fourth-order valence-corrected chi connectivity index (χ4v) is 4.42. The second-order valence-electron chi connectivity index (χ2n) is 7.78. The normalized spacial score (nSPS) is 15.2. The number of nitrogens with one attached hydrogen (secondary N) is 2. The lowest BCUT2D eigenvalue weighted by atomic mass is 10.1. The van der Waals surface area contributed by atoms with Crippen LogP contribution in [-0.2, 0) is 14.8 Å². The van der Waals surface area contributed by atoms with E-state index in [0.717, 1.165) is 43.0 Å². The number of amides is 1. The fraction of sp³-hybridized carbons (Fsp3) is 0.409. The minimum Gasteiger partial charge on any atom is -0.369 e. The summed E-state index contributed by atoms with van der Waals surface area (Å²) in [6.07, 6.45) is 0.0598. The van der Waals surface area contributed by atoms with Gasteiger partial charge in [-0.15, -0.1) is 0 Å². The van der Waals surface area contributed by atoms with Crippen molar-refractivity contribution in [3.05, 3.63) is 53.6 Å². The Labute approximate surface area is 179 Å². The van der Waals surface area contributed by atoms with Crippen LogP contribution in [-0.4, -0.2) is 59.0 Å². The zero-order valence-electron chi connectivity index (χ0n) is 17.8. The molecule has 1 saturated heterocycles. The number of nitrogens with zero attached hydrogens (tertiary/aromatic N) is 2. The number of likely N-dealkylation sites (N-methyl/N-ethyl adjacent to an activating group) is 1. The maximum Gasteiger partial charge on any atom is 0.240 e. The van der Waals surface area contributed by atoms with Crippen molar-refractivity contribution in [1.82, 2.24) is 9.62 Å². The Morgan fingerprint density at radius 2 is 1.63 bits per heavy atom. The summed E-state index contributed by atoms with van der Waals surface area (Å²) in [5.74, 6) is -0.231. The van der Waals surface area contributed by atoms with Crippen molar-refractivity contribution in [2.24, 2.45) is 0 Å². The molecule has 1 aliphatic rings. The van der Waals surface area contributed by atoms with Gasteiger partial charge in [-0.2, -0.15) is 0 Å². The molecule has 0 aliphatic carbocycles. The maximum atomic E-state index is 12.4. The minimum absolute atomic E-state index is 0.0421. The van der Waals surface area contributed by atoms with Gasteiger partial charge in [0.2, 0.25) is 15.9 Å². The molecule has 0 atom stereocenters. The third-order valence-electron chi connectivity index (χ3n) is 5.45. The second-order valence-corrected chi connectivity index (χ2v) is 9.55. The number of aryl methyl sites for hydroxylation is 2. The molecule has 162 valence electrons. The van der Waals surface area contributed by atoms with Crippen molar-refractivity contribution in [2.45, 2.75) is 25.2 Å². The first-order valence-corrected chi connectivity index (χ1v) is 11.6. The monoisotopic (exact) mass is 430 g/mol. The van der Waals surface area contributed by atoms with Gasteiger partial charge in [0.05, 0.1) is 4.90 Å². The van der Waals surface area contributed by atoms with Gasteiger partial charge in [0.25, 0.3) is 0 Å². The largest absolute Gasteiger partial charge is 0.369 e. The Hall–Kier alpha value is -2.42. The maximum absolute atomic E-state index is 12.4. The Kier molecular flexibility index (Phi) is 7.12. The minimum atomic E-state index is -3.63. The van der Waals surface area contributed by atoms with Crippen LogP contribution in [0.5, 0.6) is 0 Å². The Morgan fingerprint density at radius 1 is 0.967 bits per heavy atom. The summed E-state index contributed by atoms with van der Waals surface area (Å²) in [7, 11) is -1.51. The molecule has 2 N–H and O–H groups in total. The summed E-state index contributed by atoms with van der Waals surface area (Å²) in [5, 5.41) is 2.82. The molecule has 1 aliphatic heterocycles. The number of rotatable bonds is 7. The molecular formula is C22H30N4O3S. The molecule has 0 radical (unpaired) electrons. The molecule has 0 spiro atoms. The van der Waals surface area contributed by atoms with Crippen LogP contribution in [0.4, 0.5) is 11.4 Å². The summed E-state index contributed by atoms with van der Waals surface area (Å²) in [6, 6.07) is 12.8. The van der Waals surface area contributed by atoms with Gasteiger partial charge in [-0.05, 0) is 68.4 Å². The topological polar surface area (TPSA) is 81.7 Å². The van der Waals surface area contributed by atoms with Crippen LogP contribution in [0.15, 0.2) is 47.4 Å². The molecule has 0 saturated carbocycles. The quantitative estimate of drug-likeness (QED) is 0.705.